The van der Waals surface area contributed by atoms with Crippen LogP contribution in [0, 0.1) is 10.8 Å². The van der Waals surface area contributed by atoms with Gasteiger partial charge >= 0.3 is 0 Å². The minimum absolute atomic E-state index is 0.110. The van der Waals surface area contributed by atoms with Crippen LogP contribution >= 0.6 is 11.3 Å². The molecule has 0 aliphatic carbocycles. The Bertz CT molecular complexity index is 1190. The van der Waals surface area contributed by atoms with Crippen LogP contribution in [0.4, 0.5) is 0 Å². The van der Waals surface area contributed by atoms with E-state index in [-0.39, 0.29) is 17.1 Å². The van der Waals surface area contributed by atoms with Crippen LogP contribution < -0.4 is 14.3 Å². The summed E-state index contributed by atoms with van der Waals surface area (Å²) in [5.74, 6) is 1.06. The van der Waals surface area contributed by atoms with E-state index in [9.17, 15) is 4.55 Å². The average Bonchev–Trinajstić information content (AvgIpc) is 3.19. The van der Waals surface area contributed by atoms with Gasteiger partial charge in [0.25, 0.3) is 0 Å². The van der Waals surface area contributed by atoms with Gasteiger partial charge in [0.1, 0.15) is 10.8 Å². The molecule has 0 aliphatic heterocycles. The number of aromatic nitrogens is 2. The molecule has 174 valence electrons. The summed E-state index contributed by atoms with van der Waals surface area (Å²) in [7, 11) is 6.48. The van der Waals surface area contributed by atoms with E-state index in [1.807, 2.05) is 42.5 Å². The summed E-state index contributed by atoms with van der Waals surface area (Å²) in [6, 6.07) is 13.4. The van der Waals surface area contributed by atoms with Gasteiger partial charge < -0.3 is 14.0 Å². The second kappa shape index (κ2) is 11.3. The van der Waals surface area contributed by atoms with E-state index in [1.165, 1.54) is 30.2 Å². The molecule has 10 heteroatoms. The lowest BCUT2D eigenvalue weighted by Gasteiger charge is -2.20. The van der Waals surface area contributed by atoms with E-state index in [0.29, 0.717) is 28.4 Å². The van der Waals surface area contributed by atoms with Crippen molar-refractivity contribution in [2.75, 3.05) is 28.3 Å². The zero-order valence-electron chi connectivity index (χ0n) is 19.0. The van der Waals surface area contributed by atoms with Crippen molar-refractivity contribution < 1.29 is 14.0 Å². The molecule has 1 heterocycles. The van der Waals surface area contributed by atoms with Crippen molar-refractivity contribution in [3.63, 3.8) is 0 Å². The van der Waals surface area contributed by atoms with Crippen LogP contribution in [0.1, 0.15) is 16.1 Å². The summed E-state index contributed by atoms with van der Waals surface area (Å²) in [4.78, 5) is 0.689. The van der Waals surface area contributed by atoms with E-state index >= 15 is 0 Å². The number of nitrogens with one attached hydrogen (secondary N) is 2. The Balaban J connectivity index is 1.83. The first-order valence-corrected chi connectivity index (χ1v) is 12.0. The smallest absolute Gasteiger partial charge is 0.206 e. The second-order valence-electron chi connectivity index (χ2n) is 7.23. The molecule has 3 aromatic rings. The molecule has 33 heavy (non-hydrogen) atoms. The number of benzene rings is 2. The highest BCUT2D eigenvalue weighted by atomic mass is 32.2. The summed E-state index contributed by atoms with van der Waals surface area (Å²) in [6.07, 6.45) is 4.70. The number of ether oxygens (including phenoxy) is 2. The first-order valence-electron chi connectivity index (χ1n) is 10.1. The topological polar surface area (TPSA) is 110 Å². The highest BCUT2D eigenvalue weighted by molar-refractivity contribution is 7.89. The summed E-state index contributed by atoms with van der Waals surface area (Å²) in [6.45, 7) is 0. The third kappa shape index (κ3) is 6.11. The SMILES string of the molecule is COc1cc(CC(=N)n2nc(C/C=C/c3ccccc3)sc2=N)c([S+]([O-])N(C)C)cc1OC. The fourth-order valence-electron chi connectivity index (χ4n) is 3.11. The molecule has 0 amide bonds. The van der Waals surface area contributed by atoms with Crippen molar-refractivity contribution in [3.05, 3.63) is 69.5 Å². The molecule has 0 bridgehead atoms. The number of methoxy groups -OCH3 is 2. The van der Waals surface area contributed by atoms with Gasteiger partial charge in [-0.2, -0.15) is 9.78 Å². The van der Waals surface area contributed by atoms with Crippen LogP contribution in [0.15, 0.2) is 53.4 Å². The fraction of sp³-hybridized carbons (Fsp3) is 0.261. The molecule has 0 saturated carbocycles. The van der Waals surface area contributed by atoms with Gasteiger partial charge in [0, 0.05) is 38.6 Å². The molecule has 0 aliphatic rings. The predicted molar refractivity (Wildman–Crippen MR) is 132 cm³/mol. The molecule has 3 rings (SSSR count). The van der Waals surface area contributed by atoms with Crippen molar-refractivity contribution in [3.8, 4) is 11.5 Å². The maximum absolute atomic E-state index is 12.9. The maximum Gasteiger partial charge on any atom is 0.206 e. The third-order valence-electron chi connectivity index (χ3n) is 4.72. The fourth-order valence-corrected chi connectivity index (χ4v) is 4.83. The first kappa shape index (κ1) is 24.7. The quantitative estimate of drug-likeness (QED) is 0.274. The molecule has 0 spiro atoms. The van der Waals surface area contributed by atoms with Gasteiger partial charge in [-0.25, -0.2) is 0 Å². The van der Waals surface area contributed by atoms with Crippen LogP contribution in [-0.4, -0.2) is 52.8 Å². The molecule has 1 atom stereocenters. The Kier molecular flexibility index (Phi) is 8.45. The van der Waals surface area contributed by atoms with E-state index in [1.54, 1.807) is 30.5 Å². The Morgan fingerprint density at radius 3 is 2.48 bits per heavy atom. The van der Waals surface area contributed by atoms with Gasteiger partial charge in [0.15, 0.2) is 16.4 Å². The van der Waals surface area contributed by atoms with Crippen LogP contribution in [0.3, 0.4) is 0 Å². The third-order valence-corrected chi connectivity index (χ3v) is 6.99. The lowest BCUT2D eigenvalue weighted by Crippen LogP contribution is -2.27. The molecular weight excluding hydrogens is 458 g/mol. The summed E-state index contributed by atoms with van der Waals surface area (Å²) in [5, 5.41) is 22.1. The van der Waals surface area contributed by atoms with E-state index < -0.39 is 11.4 Å². The summed E-state index contributed by atoms with van der Waals surface area (Å²) >= 11 is -0.215. The number of hydrogen-bond acceptors (Lipinski definition) is 8. The lowest BCUT2D eigenvalue weighted by molar-refractivity contribution is 0.353. The van der Waals surface area contributed by atoms with Gasteiger partial charge in [-0.15, -0.1) is 4.31 Å². The van der Waals surface area contributed by atoms with Gasteiger partial charge in [-0.3, -0.25) is 10.8 Å². The average molecular weight is 486 g/mol. The Hall–Kier alpha value is -2.92. The molecule has 1 aromatic heterocycles. The predicted octanol–water partition coefficient (Wildman–Crippen LogP) is 3.35. The van der Waals surface area contributed by atoms with E-state index in [2.05, 4.69) is 5.10 Å². The van der Waals surface area contributed by atoms with Crippen LogP contribution in [0.5, 0.6) is 11.5 Å². The molecule has 0 fully saturated rings. The molecule has 2 N–H and O–H groups in total. The second-order valence-corrected chi connectivity index (χ2v) is 9.96. The number of hydrogen-bond donors (Lipinski definition) is 2. The monoisotopic (exact) mass is 485 g/mol. The Morgan fingerprint density at radius 1 is 1.18 bits per heavy atom. The highest BCUT2D eigenvalue weighted by Crippen LogP contribution is 2.34. The van der Waals surface area contributed by atoms with Crippen molar-refractivity contribution in [2.24, 2.45) is 0 Å². The van der Waals surface area contributed by atoms with Crippen molar-refractivity contribution in [2.45, 2.75) is 17.7 Å². The number of rotatable bonds is 9. The van der Waals surface area contributed by atoms with Crippen LogP contribution in [-0.2, 0) is 24.2 Å². The van der Waals surface area contributed by atoms with Crippen molar-refractivity contribution in [1.82, 2.24) is 14.1 Å². The largest absolute Gasteiger partial charge is 0.593 e. The van der Waals surface area contributed by atoms with Crippen molar-refractivity contribution in [1.29, 1.82) is 10.8 Å². The number of allylic oxidation sites excluding steroid dienone is 1. The van der Waals surface area contributed by atoms with Gasteiger partial charge in [0.05, 0.1) is 25.6 Å². The minimum atomic E-state index is -1.45. The Morgan fingerprint density at radius 2 is 1.85 bits per heavy atom. The van der Waals surface area contributed by atoms with Gasteiger partial charge in [0.2, 0.25) is 4.80 Å². The number of nitrogens with zero attached hydrogens (tertiary/aromatic N) is 3. The highest BCUT2D eigenvalue weighted by Gasteiger charge is 2.24. The standard InChI is InChI=1S/C23H27N5O3S2/c1-27(2)33(29)20-15-19(31-4)18(30-3)13-17(20)14-21(24)28-23(25)32-22(26-28)12-8-11-16-9-6-5-7-10-16/h5-11,13,15,24-25H,12,14H2,1-4H3/b11-8+,24-21?,25-23?. The van der Waals surface area contributed by atoms with Crippen LogP contribution in [0.25, 0.3) is 6.08 Å². The van der Waals surface area contributed by atoms with Gasteiger partial charge in [-0.1, -0.05) is 53.8 Å². The molecular formula is C23H27N5O3S2. The van der Waals surface area contributed by atoms with Gasteiger partial charge in [-0.05, 0) is 11.6 Å². The lowest BCUT2D eigenvalue weighted by atomic mass is 10.1. The molecule has 8 nitrogen and oxygen atoms in total. The molecule has 1 unspecified atom stereocenters. The maximum atomic E-state index is 12.9. The molecule has 2 aromatic carbocycles. The van der Waals surface area contributed by atoms with E-state index in [4.69, 9.17) is 20.3 Å². The molecule has 0 radical (unpaired) electrons. The zero-order chi connectivity index (χ0) is 24.0. The zero-order valence-corrected chi connectivity index (χ0v) is 20.6. The van der Waals surface area contributed by atoms with E-state index in [0.717, 1.165) is 10.6 Å². The summed E-state index contributed by atoms with van der Waals surface area (Å²) in [5.41, 5.74) is 1.74. The van der Waals surface area contributed by atoms with Crippen LogP contribution in [0.2, 0.25) is 0 Å². The minimum Gasteiger partial charge on any atom is -0.593 e. The normalized spacial score (nSPS) is 12.3. The van der Waals surface area contributed by atoms with Crippen molar-refractivity contribution >= 4 is 34.6 Å². The summed E-state index contributed by atoms with van der Waals surface area (Å²) < 4.78 is 26.5. The molecule has 0 saturated heterocycles. The Labute approximate surface area is 200 Å². The first-order chi connectivity index (χ1) is 15.8.